The van der Waals surface area contributed by atoms with Gasteiger partial charge >= 0.3 is 0 Å². The van der Waals surface area contributed by atoms with Crippen molar-refractivity contribution < 1.29 is 4.79 Å². The minimum absolute atomic E-state index is 0.00958. The predicted octanol–water partition coefficient (Wildman–Crippen LogP) is 0.549. The zero-order chi connectivity index (χ0) is 17.1. The number of hydrogen-bond acceptors (Lipinski definition) is 5. The topological polar surface area (TPSA) is 110 Å². The lowest BCUT2D eigenvalue weighted by Gasteiger charge is -2.29. The molecular formula is C16H19N5O3. The van der Waals surface area contributed by atoms with Crippen molar-refractivity contribution in [1.29, 1.82) is 0 Å². The molecule has 1 aliphatic carbocycles. The van der Waals surface area contributed by atoms with Crippen LogP contribution >= 0.6 is 0 Å². The summed E-state index contributed by atoms with van der Waals surface area (Å²) in [6.45, 7) is 1.86. The maximum Gasteiger partial charge on any atom is 0.270 e. The molecule has 24 heavy (non-hydrogen) atoms. The third-order valence-electron chi connectivity index (χ3n) is 4.25. The molecule has 2 heterocycles. The molecule has 3 rings (SSSR count). The van der Waals surface area contributed by atoms with Gasteiger partial charge in [-0.05, 0) is 38.7 Å². The van der Waals surface area contributed by atoms with E-state index in [9.17, 15) is 14.4 Å². The van der Waals surface area contributed by atoms with E-state index in [4.69, 9.17) is 0 Å². The van der Waals surface area contributed by atoms with Crippen LogP contribution < -0.4 is 16.4 Å². The summed E-state index contributed by atoms with van der Waals surface area (Å²) in [5.74, 6) is -0.351. The molecule has 0 aromatic carbocycles. The Labute approximate surface area is 137 Å². The Bertz CT molecular complexity index is 849. The minimum Gasteiger partial charge on any atom is -0.348 e. The van der Waals surface area contributed by atoms with Gasteiger partial charge in [0.05, 0.1) is 18.1 Å². The van der Waals surface area contributed by atoms with Crippen LogP contribution in [0.2, 0.25) is 0 Å². The Morgan fingerprint density at radius 1 is 1.25 bits per heavy atom. The summed E-state index contributed by atoms with van der Waals surface area (Å²) in [6, 6.07) is 4.49. The van der Waals surface area contributed by atoms with E-state index >= 15 is 0 Å². The Morgan fingerprint density at radius 2 is 2.00 bits per heavy atom. The number of carbonyl (C=O) groups is 1. The number of H-pyrrole nitrogens is 1. The highest BCUT2D eigenvalue weighted by Gasteiger charge is 2.25. The van der Waals surface area contributed by atoms with Gasteiger partial charge in [-0.2, -0.15) is 5.10 Å². The fourth-order valence-electron chi connectivity index (χ4n) is 3.00. The van der Waals surface area contributed by atoms with Crippen molar-refractivity contribution in [3.63, 3.8) is 0 Å². The minimum atomic E-state index is -0.358. The predicted molar refractivity (Wildman–Crippen MR) is 86.9 cm³/mol. The number of aryl methyl sites for hydroxylation is 1. The van der Waals surface area contributed by atoms with Crippen molar-refractivity contribution in [3.8, 4) is 0 Å². The molecule has 0 aliphatic heterocycles. The van der Waals surface area contributed by atoms with Gasteiger partial charge in [-0.3, -0.25) is 14.4 Å². The third kappa shape index (κ3) is 3.58. The Balaban J connectivity index is 1.61. The van der Waals surface area contributed by atoms with Crippen LogP contribution in [0.4, 0.5) is 0 Å². The van der Waals surface area contributed by atoms with Crippen LogP contribution in [-0.2, 0) is 0 Å². The summed E-state index contributed by atoms with van der Waals surface area (Å²) in [5.41, 5.74) is 0.465. The average molecular weight is 329 g/mol. The van der Waals surface area contributed by atoms with Gasteiger partial charge in [0.15, 0.2) is 0 Å². The standard InChI is InChI=1S/C16H19N5O3/c1-10-2-7-15(23)21(20-10)12-5-3-11(4-6-12)19-16(24)13-8-14(22)18-9-17-13/h2,7-9,11-12H,3-6H2,1H3,(H,19,24)(H,17,18,22). The van der Waals surface area contributed by atoms with Crippen LogP contribution in [0.15, 0.2) is 34.1 Å². The van der Waals surface area contributed by atoms with Crippen molar-refractivity contribution in [3.05, 3.63) is 56.6 Å². The number of aromatic amines is 1. The van der Waals surface area contributed by atoms with Crippen LogP contribution in [0.5, 0.6) is 0 Å². The summed E-state index contributed by atoms with van der Waals surface area (Å²) >= 11 is 0. The zero-order valence-corrected chi connectivity index (χ0v) is 13.4. The monoisotopic (exact) mass is 329 g/mol. The van der Waals surface area contributed by atoms with Crippen molar-refractivity contribution in [1.82, 2.24) is 25.1 Å². The number of amides is 1. The molecule has 0 saturated heterocycles. The Morgan fingerprint density at radius 3 is 2.71 bits per heavy atom. The number of aromatic nitrogens is 4. The summed E-state index contributed by atoms with van der Waals surface area (Å²) in [5, 5.41) is 7.21. The quantitative estimate of drug-likeness (QED) is 0.854. The van der Waals surface area contributed by atoms with E-state index in [2.05, 4.69) is 20.4 Å². The average Bonchev–Trinajstić information content (AvgIpc) is 2.58. The molecule has 126 valence electrons. The van der Waals surface area contributed by atoms with Gasteiger partial charge < -0.3 is 10.3 Å². The molecule has 0 bridgehead atoms. The lowest BCUT2D eigenvalue weighted by molar-refractivity contribution is 0.0916. The summed E-state index contributed by atoms with van der Waals surface area (Å²) in [4.78, 5) is 41.5. The first kappa shape index (κ1) is 16.1. The van der Waals surface area contributed by atoms with Crippen molar-refractivity contribution in [2.45, 2.75) is 44.7 Å². The first-order valence-corrected chi connectivity index (χ1v) is 7.95. The fraction of sp³-hybridized carbons (Fsp3) is 0.438. The second-order valence-electron chi connectivity index (χ2n) is 6.03. The SMILES string of the molecule is Cc1ccc(=O)n(C2CCC(NC(=O)c3cc(=O)[nH]cn3)CC2)n1. The van der Waals surface area contributed by atoms with E-state index in [1.54, 1.807) is 10.7 Å². The molecule has 1 amide bonds. The molecule has 2 aromatic heterocycles. The molecule has 2 N–H and O–H groups in total. The van der Waals surface area contributed by atoms with Gasteiger partial charge in [0.25, 0.3) is 17.0 Å². The van der Waals surface area contributed by atoms with E-state index < -0.39 is 0 Å². The van der Waals surface area contributed by atoms with Gasteiger partial charge in [0.2, 0.25) is 0 Å². The molecule has 0 radical (unpaired) electrons. The van der Waals surface area contributed by atoms with E-state index in [0.29, 0.717) is 0 Å². The first-order valence-electron chi connectivity index (χ1n) is 7.95. The van der Waals surface area contributed by atoms with E-state index in [-0.39, 0.29) is 34.8 Å². The highest BCUT2D eigenvalue weighted by Crippen LogP contribution is 2.27. The third-order valence-corrected chi connectivity index (χ3v) is 4.25. The first-order chi connectivity index (χ1) is 11.5. The van der Waals surface area contributed by atoms with Gasteiger partial charge in [-0.1, -0.05) is 0 Å². The molecule has 8 heteroatoms. The zero-order valence-electron chi connectivity index (χ0n) is 13.4. The fourth-order valence-corrected chi connectivity index (χ4v) is 3.00. The second kappa shape index (κ2) is 6.77. The van der Waals surface area contributed by atoms with Gasteiger partial charge in [0, 0.05) is 18.2 Å². The Kier molecular flexibility index (Phi) is 4.54. The molecule has 0 atom stereocenters. The Hall–Kier alpha value is -2.77. The molecule has 1 fully saturated rings. The smallest absolute Gasteiger partial charge is 0.270 e. The van der Waals surface area contributed by atoms with E-state index in [1.807, 2.05) is 6.92 Å². The van der Waals surface area contributed by atoms with Crippen molar-refractivity contribution >= 4 is 5.91 Å². The van der Waals surface area contributed by atoms with Crippen LogP contribution in [0.25, 0.3) is 0 Å². The summed E-state index contributed by atoms with van der Waals surface area (Å²) in [7, 11) is 0. The molecule has 0 unspecified atom stereocenters. The van der Waals surface area contributed by atoms with Gasteiger partial charge in [-0.15, -0.1) is 0 Å². The van der Waals surface area contributed by atoms with Crippen molar-refractivity contribution in [2.24, 2.45) is 0 Å². The maximum atomic E-state index is 12.1. The lowest BCUT2D eigenvalue weighted by atomic mass is 9.91. The highest BCUT2D eigenvalue weighted by molar-refractivity contribution is 5.92. The second-order valence-corrected chi connectivity index (χ2v) is 6.03. The van der Waals surface area contributed by atoms with Gasteiger partial charge in [-0.25, -0.2) is 9.67 Å². The summed E-state index contributed by atoms with van der Waals surface area (Å²) in [6.07, 6.45) is 4.25. The van der Waals surface area contributed by atoms with Crippen LogP contribution in [0.3, 0.4) is 0 Å². The number of rotatable bonds is 3. The number of nitrogens with one attached hydrogen (secondary N) is 2. The van der Waals surface area contributed by atoms with E-state index in [1.165, 1.54) is 18.5 Å². The van der Waals surface area contributed by atoms with E-state index in [0.717, 1.165) is 31.4 Å². The molecule has 8 nitrogen and oxygen atoms in total. The molecular weight excluding hydrogens is 310 g/mol. The maximum absolute atomic E-state index is 12.1. The molecule has 1 aliphatic rings. The summed E-state index contributed by atoms with van der Waals surface area (Å²) < 4.78 is 1.55. The number of carbonyl (C=O) groups excluding carboxylic acids is 1. The van der Waals surface area contributed by atoms with Crippen LogP contribution in [0.1, 0.15) is 47.9 Å². The highest BCUT2D eigenvalue weighted by atomic mass is 16.2. The normalized spacial score (nSPS) is 20.5. The number of nitrogens with zero attached hydrogens (tertiary/aromatic N) is 3. The van der Waals surface area contributed by atoms with Crippen LogP contribution in [-0.4, -0.2) is 31.7 Å². The molecule has 0 spiro atoms. The lowest BCUT2D eigenvalue weighted by Crippen LogP contribution is -2.40. The van der Waals surface area contributed by atoms with Gasteiger partial charge in [0.1, 0.15) is 5.69 Å². The van der Waals surface area contributed by atoms with Crippen molar-refractivity contribution in [2.75, 3.05) is 0 Å². The number of hydrogen-bond donors (Lipinski definition) is 2. The van der Waals surface area contributed by atoms with Crippen LogP contribution in [0, 0.1) is 6.92 Å². The molecule has 1 saturated carbocycles. The largest absolute Gasteiger partial charge is 0.348 e. The molecule has 2 aromatic rings.